The van der Waals surface area contributed by atoms with E-state index >= 15 is 0 Å². The Morgan fingerprint density at radius 2 is 2.20 bits per heavy atom. The minimum Gasteiger partial charge on any atom is -0.376 e. The fourth-order valence-electron chi connectivity index (χ4n) is 2.23. The molecule has 112 valence electrons. The van der Waals surface area contributed by atoms with E-state index in [-0.39, 0.29) is 6.10 Å². The molecule has 2 heterocycles. The molecule has 0 aromatic carbocycles. The van der Waals surface area contributed by atoms with Gasteiger partial charge in [-0.05, 0) is 24.6 Å². The largest absolute Gasteiger partial charge is 0.433 e. The van der Waals surface area contributed by atoms with Crippen molar-refractivity contribution in [1.29, 1.82) is 0 Å². The third-order valence-corrected chi connectivity index (χ3v) is 3.23. The molecule has 1 aliphatic rings. The number of hydrogen-bond acceptors (Lipinski definition) is 4. The molecule has 0 radical (unpaired) electrons. The predicted octanol–water partition coefficient (Wildman–Crippen LogP) is 1.65. The summed E-state index contributed by atoms with van der Waals surface area (Å²) in [4.78, 5) is 5.61. The van der Waals surface area contributed by atoms with Crippen LogP contribution in [0.4, 0.5) is 13.2 Å². The highest BCUT2D eigenvalue weighted by Gasteiger charge is 2.32. The van der Waals surface area contributed by atoms with Crippen molar-refractivity contribution >= 4 is 0 Å². The first-order valence-electron chi connectivity index (χ1n) is 6.55. The van der Waals surface area contributed by atoms with Crippen molar-refractivity contribution in [2.24, 2.45) is 5.73 Å². The van der Waals surface area contributed by atoms with Gasteiger partial charge in [-0.1, -0.05) is 6.07 Å². The molecule has 1 aromatic heterocycles. The lowest BCUT2D eigenvalue weighted by molar-refractivity contribution is -0.141. The maximum absolute atomic E-state index is 12.4. The van der Waals surface area contributed by atoms with Gasteiger partial charge in [-0.25, -0.2) is 0 Å². The number of alkyl halides is 3. The Balaban J connectivity index is 1.93. The minimum absolute atomic E-state index is 0.108. The van der Waals surface area contributed by atoms with Gasteiger partial charge in [-0.2, -0.15) is 13.2 Å². The number of morpholine rings is 1. The highest BCUT2D eigenvalue weighted by molar-refractivity contribution is 5.16. The lowest BCUT2D eigenvalue weighted by Crippen LogP contribution is -2.42. The van der Waals surface area contributed by atoms with Crippen molar-refractivity contribution in [3.8, 4) is 0 Å². The quantitative estimate of drug-likeness (QED) is 0.915. The van der Waals surface area contributed by atoms with Crippen LogP contribution in [0.1, 0.15) is 17.7 Å². The summed E-state index contributed by atoms with van der Waals surface area (Å²) in [6.45, 7) is 3.29. The number of nitrogens with zero attached hydrogens (tertiary/aromatic N) is 2. The first-order chi connectivity index (χ1) is 9.49. The molecule has 2 N–H and O–H groups in total. The van der Waals surface area contributed by atoms with Crippen LogP contribution in [0, 0.1) is 0 Å². The Labute approximate surface area is 115 Å². The van der Waals surface area contributed by atoms with E-state index in [1.807, 2.05) is 0 Å². The third kappa shape index (κ3) is 4.16. The second kappa shape index (κ2) is 6.51. The Hall–Kier alpha value is -1.18. The zero-order chi connectivity index (χ0) is 14.6. The van der Waals surface area contributed by atoms with Crippen LogP contribution in [0.2, 0.25) is 0 Å². The molecule has 0 aliphatic carbocycles. The van der Waals surface area contributed by atoms with E-state index in [4.69, 9.17) is 10.5 Å². The normalized spacial score (nSPS) is 21.1. The first kappa shape index (κ1) is 15.2. The molecule has 1 aliphatic heterocycles. The van der Waals surface area contributed by atoms with Crippen molar-refractivity contribution in [3.63, 3.8) is 0 Å². The second-order valence-corrected chi connectivity index (χ2v) is 4.85. The Morgan fingerprint density at radius 1 is 1.40 bits per heavy atom. The van der Waals surface area contributed by atoms with Crippen LogP contribution < -0.4 is 5.73 Å². The van der Waals surface area contributed by atoms with Crippen LogP contribution in [0.5, 0.6) is 0 Å². The van der Waals surface area contributed by atoms with Crippen LogP contribution >= 0.6 is 0 Å². The standard InChI is InChI=1S/C13H18F3N3O/c14-13(15,16)12-2-1-10(7-18-12)8-19-5-6-20-11(9-19)3-4-17/h1-2,7,11H,3-6,8-9,17H2/t11-/m0/s1. The second-order valence-electron chi connectivity index (χ2n) is 4.85. The third-order valence-electron chi connectivity index (χ3n) is 3.23. The molecule has 4 nitrogen and oxygen atoms in total. The molecular weight excluding hydrogens is 271 g/mol. The number of pyridine rings is 1. The van der Waals surface area contributed by atoms with Crippen LogP contribution in [-0.4, -0.2) is 42.2 Å². The van der Waals surface area contributed by atoms with Crippen LogP contribution in [0.3, 0.4) is 0 Å². The summed E-state index contributed by atoms with van der Waals surface area (Å²) in [5.41, 5.74) is 5.41. The molecule has 1 fully saturated rings. The molecule has 0 unspecified atom stereocenters. The summed E-state index contributed by atoms with van der Waals surface area (Å²) in [5.74, 6) is 0. The van der Waals surface area contributed by atoms with Gasteiger partial charge in [0.05, 0.1) is 12.7 Å². The van der Waals surface area contributed by atoms with E-state index in [2.05, 4.69) is 9.88 Å². The SMILES string of the molecule is NCC[C@H]1CN(Cc2ccc(C(F)(F)F)nc2)CCO1. The van der Waals surface area contributed by atoms with Gasteiger partial charge in [0, 0.05) is 25.8 Å². The molecule has 1 aromatic rings. The molecule has 0 bridgehead atoms. The summed E-state index contributed by atoms with van der Waals surface area (Å²) in [5, 5.41) is 0. The predicted molar refractivity (Wildman–Crippen MR) is 67.9 cm³/mol. The van der Waals surface area contributed by atoms with Crippen molar-refractivity contribution in [2.45, 2.75) is 25.2 Å². The van der Waals surface area contributed by atoms with Crippen molar-refractivity contribution in [1.82, 2.24) is 9.88 Å². The van der Waals surface area contributed by atoms with Crippen LogP contribution in [-0.2, 0) is 17.5 Å². The Kier molecular flexibility index (Phi) is 4.95. The highest BCUT2D eigenvalue weighted by atomic mass is 19.4. The number of nitrogens with two attached hydrogens (primary N) is 1. The molecule has 1 saturated heterocycles. The zero-order valence-electron chi connectivity index (χ0n) is 11.1. The number of hydrogen-bond donors (Lipinski definition) is 1. The first-order valence-corrected chi connectivity index (χ1v) is 6.55. The molecular formula is C13H18F3N3O. The van der Waals surface area contributed by atoms with Gasteiger partial charge in [0.2, 0.25) is 0 Å². The maximum Gasteiger partial charge on any atom is 0.433 e. The molecule has 1 atom stereocenters. The minimum atomic E-state index is -4.39. The molecule has 20 heavy (non-hydrogen) atoms. The lowest BCUT2D eigenvalue weighted by atomic mass is 10.1. The van der Waals surface area contributed by atoms with Gasteiger partial charge >= 0.3 is 6.18 Å². The summed E-state index contributed by atoms with van der Waals surface area (Å²) in [6, 6.07) is 2.50. The van der Waals surface area contributed by atoms with Crippen LogP contribution in [0.25, 0.3) is 0 Å². The van der Waals surface area contributed by atoms with Crippen molar-refractivity contribution in [3.05, 3.63) is 29.6 Å². The van der Waals surface area contributed by atoms with E-state index < -0.39 is 11.9 Å². The molecule has 2 rings (SSSR count). The number of halogens is 3. The monoisotopic (exact) mass is 289 g/mol. The van der Waals surface area contributed by atoms with E-state index in [1.54, 1.807) is 0 Å². The zero-order valence-corrected chi connectivity index (χ0v) is 11.1. The van der Waals surface area contributed by atoms with Crippen LogP contribution in [0.15, 0.2) is 18.3 Å². The van der Waals surface area contributed by atoms with Gasteiger partial charge in [-0.3, -0.25) is 9.88 Å². The average Bonchev–Trinajstić information content (AvgIpc) is 2.39. The van der Waals surface area contributed by atoms with Crippen molar-refractivity contribution < 1.29 is 17.9 Å². The maximum atomic E-state index is 12.4. The summed E-state index contributed by atoms with van der Waals surface area (Å²) in [6.07, 6.45) is -2.20. The molecule has 0 saturated carbocycles. The van der Waals surface area contributed by atoms with E-state index in [0.29, 0.717) is 19.7 Å². The van der Waals surface area contributed by atoms with E-state index in [0.717, 1.165) is 31.1 Å². The Bertz CT molecular complexity index is 420. The smallest absolute Gasteiger partial charge is 0.376 e. The van der Waals surface area contributed by atoms with Gasteiger partial charge in [0.1, 0.15) is 5.69 Å². The van der Waals surface area contributed by atoms with Gasteiger partial charge in [0.15, 0.2) is 0 Å². The fraction of sp³-hybridized carbons (Fsp3) is 0.615. The average molecular weight is 289 g/mol. The number of aromatic nitrogens is 1. The van der Waals surface area contributed by atoms with Crippen molar-refractivity contribution in [2.75, 3.05) is 26.2 Å². The Morgan fingerprint density at radius 3 is 2.80 bits per heavy atom. The molecule has 7 heteroatoms. The summed E-state index contributed by atoms with van der Waals surface area (Å²) in [7, 11) is 0. The molecule has 0 amide bonds. The fourth-order valence-corrected chi connectivity index (χ4v) is 2.23. The number of ether oxygens (including phenoxy) is 1. The summed E-state index contributed by atoms with van der Waals surface area (Å²) < 4.78 is 42.8. The van der Waals surface area contributed by atoms with Gasteiger partial charge in [0.25, 0.3) is 0 Å². The van der Waals surface area contributed by atoms with E-state index in [9.17, 15) is 13.2 Å². The van der Waals surface area contributed by atoms with Gasteiger partial charge in [-0.15, -0.1) is 0 Å². The highest BCUT2D eigenvalue weighted by Crippen LogP contribution is 2.27. The molecule has 0 spiro atoms. The van der Waals surface area contributed by atoms with Gasteiger partial charge < -0.3 is 10.5 Å². The number of rotatable bonds is 4. The lowest BCUT2D eigenvalue weighted by Gasteiger charge is -2.32. The van der Waals surface area contributed by atoms with E-state index in [1.165, 1.54) is 12.3 Å². The topological polar surface area (TPSA) is 51.4 Å². The summed E-state index contributed by atoms with van der Waals surface area (Å²) >= 11 is 0.